The molecular weight excluding hydrogens is 771 g/mol. The van der Waals surface area contributed by atoms with E-state index in [1.165, 1.54) is 54.9 Å². The van der Waals surface area contributed by atoms with Gasteiger partial charge in [-0.05, 0) is 116 Å². The largest absolute Gasteiger partial charge is 0.453 e. The SMILES string of the molecule is COC(=O)NC(C(=O)N1C(C)CCC1C1=NC=C(c2ccc(-c3ccc(-c4cnc(C5CCC(C)N5C(=O)C(NC(=O)OC)C(C)C)[nH]4)c4c3C3CCC4C3)cc2)C1)C(C)C. The van der Waals surface area contributed by atoms with Crippen molar-refractivity contribution >= 4 is 35.3 Å². The molecule has 2 bridgehead atoms. The summed E-state index contributed by atoms with van der Waals surface area (Å²) < 4.78 is 9.67. The minimum Gasteiger partial charge on any atom is -0.453 e. The van der Waals surface area contributed by atoms with Gasteiger partial charge >= 0.3 is 12.2 Å². The molecule has 13 heteroatoms. The van der Waals surface area contributed by atoms with Gasteiger partial charge in [-0.15, -0.1) is 0 Å². The van der Waals surface area contributed by atoms with Gasteiger partial charge in [0.05, 0.1) is 38.2 Å². The number of fused-ring (bicyclic) bond motifs is 5. The molecule has 0 radical (unpaired) electrons. The minimum atomic E-state index is -0.697. The van der Waals surface area contributed by atoms with Crippen LogP contribution in [0.2, 0.25) is 0 Å². The molecule has 2 aliphatic carbocycles. The first-order valence-corrected chi connectivity index (χ1v) is 22.2. The number of H-pyrrole nitrogens is 1. The van der Waals surface area contributed by atoms with Gasteiger partial charge in [-0.1, -0.05) is 64.1 Å². The first-order valence-electron chi connectivity index (χ1n) is 22.2. The fourth-order valence-corrected chi connectivity index (χ4v) is 10.9. The van der Waals surface area contributed by atoms with Crippen molar-refractivity contribution in [2.75, 3.05) is 14.2 Å². The lowest BCUT2D eigenvalue weighted by Gasteiger charge is -2.33. The van der Waals surface area contributed by atoms with Crippen LogP contribution < -0.4 is 10.6 Å². The number of benzene rings is 2. The summed E-state index contributed by atoms with van der Waals surface area (Å²) in [5.74, 6) is 1.37. The number of carbonyl (C=O) groups excluding carboxylic acids is 4. The van der Waals surface area contributed by atoms with Gasteiger partial charge in [0, 0.05) is 36.0 Å². The highest BCUT2D eigenvalue weighted by Crippen LogP contribution is 2.58. The zero-order valence-corrected chi connectivity index (χ0v) is 36.8. The van der Waals surface area contributed by atoms with Gasteiger partial charge in [0.15, 0.2) is 0 Å². The number of aliphatic imine (C=N–C) groups is 1. The molecule has 4 amide bonds. The van der Waals surface area contributed by atoms with Crippen molar-refractivity contribution in [1.29, 1.82) is 0 Å². The number of carbonyl (C=O) groups is 4. The number of ether oxygens (including phenoxy) is 2. The molecule has 2 saturated heterocycles. The van der Waals surface area contributed by atoms with Crippen molar-refractivity contribution in [3.8, 4) is 22.4 Å². The molecule has 0 spiro atoms. The normalized spacial score (nSPS) is 25.1. The number of likely N-dealkylation sites (tertiary alicyclic amines) is 2. The van der Waals surface area contributed by atoms with Crippen LogP contribution in [0.1, 0.15) is 133 Å². The third-order valence-electron chi connectivity index (χ3n) is 14.1. The molecule has 1 aromatic heterocycles. The minimum absolute atomic E-state index is 0.00920. The number of allylic oxidation sites excluding steroid dienone is 1. The molecule has 61 heavy (non-hydrogen) atoms. The Morgan fingerprint density at radius 2 is 1.23 bits per heavy atom. The summed E-state index contributed by atoms with van der Waals surface area (Å²) in [5, 5.41) is 5.52. The van der Waals surface area contributed by atoms with Crippen LogP contribution in [0.4, 0.5) is 9.59 Å². The van der Waals surface area contributed by atoms with E-state index in [-0.39, 0.29) is 47.8 Å². The van der Waals surface area contributed by atoms with Crippen LogP contribution in [0, 0.1) is 11.8 Å². The van der Waals surface area contributed by atoms with Crippen LogP contribution in [0.15, 0.2) is 53.8 Å². The van der Waals surface area contributed by atoms with Crippen LogP contribution in [-0.4, -0.2) is 93.9 Å². The highest BCUT2D eigenvalue weighted by molar-refractivity contribution is 6.04. The molecule has 1 saturated carbocycles. The van der Waals surface area contributed by atoms with Crippen LogP contribution >= 0.6 is 0 Å². The van der Waals surface area contributed by atoms with E-state index in [0.29, 0.717) is 18.3 Å². The summed E-state index contributed by atoms with van der Waals surface area (Å²) in [7, 11) is 2.62. The summed E-state index contributed by atoms with van der Waals surface area (Å²) in [6.07, 6.45) is 10.2. The maximum atomic E-state index is 14.0. The Morgan fingerprint density at radius 1 is 0.705 bits per heavy atom. The van der Waals surface area contributed by atoms with E-state index in [1.54, 1.807) is 0 Å². The summed E-state index contributed by atoms with van der Waals surface area (Å²) in [6, 6.07) is 11.7. The number of hydrogen-bond acceptors (Lipinski definition) is 8. The number of aromatic amines is 1. The van der Waals surface area contributed by atoms with Gasteiger partial charge in [-0.25, -0.2) is 14.6 Å². The molecule has 8 unspecified atom stereocenters. The average molecular weight is 832 g/mol. The van der Waals surface area contributed by atoms with Crippen molar-refractivity contribution < 1.29 is 28.7 Å². The summed E-state index contributed by atoms with van der Waals surface area (Å²) in [4.78, 5) is 69.4. The summed E-state index contributed by atoms with van der Waals surface area (Å²) in [6.45, 7) is 11.9. The van der Waals surface area contributed by atoms with E-state index in [4.69, 9.17) is 19.5 Å². The van der Waals surface area contributed by atoms with Gasteiger partial charge in [-0.3, -0.25) is 14.6 Å². The number of rotatable bonds is 11. The van der Waals surface area contributed by atoms with Gasteiger partial charge in [-0.2, -0.15) is 0 Å². The van der Waals surface area contributed by atoms with Crippen molar-refractivity contribution in [3.63, 3.8) is 0 Å². The lowest BCUT2D eigenvalue weighted by atomic mass is 9.82. The maximum Gasteiger partial charge on any atom is 0.407 e. The Bertz CT molecular complexity index is 2240. The molecule has 3 aliphatic heterocycles. The van der Waals surface area contributed by atoms with E-state index in [1.807, 2.05) is 49.9 Å². The summed E-state index contributed by atoms with van der Waals surface area (Å²) in [5.41, 5.74) is 10.7. The third-order valence-corrected chi connectivity index (χ3v) is 14.1. The second-order valence-electron chi connectivity index (χ2n) is 18.5. The number of amides is 4. The number of alkyl carbamates (subject to hydrolysis) is 2. The van der Waals surface area contributed by atoms with Crippen LogP contribution in [0.5, 0.6) is 0 Å². The van der Waals surface area contributed by atoms with E-state index < -0.39 is 24.3 Å². The van der Waals surface area contributed by atoms with Gasteiger partial charge in [0.1, 0.15) is 17.9 Å². The van der Waals surface area contributed by atoms with Gasteiger partial charge in [0.25, 0.3) is 0 Å². The smallest absolute Gasteiger partial charge is 0.407 e. The first kappa shape index (κ1) is 42.2. The van der Waals surface area contributed by atoms with E-state index in [9.17, 15) is 19.2 Å². The van der Waals surface area contributed by atoms with E-state index in [2.05, 4.69) is 65.9 Å². The number of imidazole rings is 1. The molecular formula is C48H61N7O6. The van der Waals surface area contributed by atoms with Crippen molar-refractivity contribution in [2.45, 2.75) is 141 Å². The molecule has 2 aromatic carbocycles. The molecule has 8 atom stereocenters. The fourth-order valence-electron chi connectivity index (χ4n) is 10.9. The van der Waals surface area contributed by atoms with Crippen LogP contribution in [0.25, 0.3) is 28.0 Å². The Kier molecular flexibility index (Phi) is 11.9. The zero-order valence-electron chi connectivity index (χ0n) is 36.8. The molecule has 3 N–H and O–H groups in total. The zero-order chi connectivity index (χ0) is 43.3. The highest BCUT2D eigenvalue weighted by Gasteiger charge is 2.44. The Hall–Kier alpha value is -5.46. The predicted octanol–water partition coefficient (Wildman–Crippen LogP) is 8.49. The number of nitrogens with zero attached hydrogens (tertiary/aromatic N) is 4. The average Bonchev–Trinajstić information content (AvgIpc) is 4.12. The quantitative estimate of drug-likeness (QED) is 0.175. The van der Waals surface area contributed by atoms with E-state index >= 15 is 0 Å². The molecule has 3 aromatic rings. The molecule has 5 aliphatic rings. The number of methoxy groups -OCH3 is 2. The van der Waals surface area contributed by atoms with E-state index in [0.717, 1.165) is 60.5 Å². The lowest BCUT2D eigenvalue weighted by Crippen LogP contribution is -2.55. The van der Waals surface area contributed by atoms with Crippen molar-refractivity contribution in [3.05, 3.63) is 71.3 Å². The third kappa shape index (κ3) is 7.84. The Balaban J connectivity index is 0.996. The lowest BCUT2D eigenvalue weighted by molar-refractivity contribution is -0.137. The molecule has 8 rings (SSSR count). The van der Waals surface area contributed by atoms with Gasteiger partial charge in [0.2, 0.25) is 11.8 Å². The molecule has 4 heterocycles. The van der Waals surface area contributed by atoms with Crippen LogP contribution in [0.3, 0.4) is 0 Å². The van der Waals surface area contributed by atoms with Crippen molar-refractivity contribution in [1.82, 2.24) is 30.4 Å². The van der Waals surface area contributed by atoms with Gasteiger partial charge < -0.3 is 34.9 Å². The molecule has 13 nitrogen and oxygen atoms in total. The standard InChI is InChI=1S/C48H61N7O6/c1-25(2)42(52-47(58)60-7)45(56)54-27(5)9-19-38(54)36-22-33(23-49-36)29-11-13-30(14-12-29)34-17-18-35(41-32-16-15-31(21-32)40(34)41)37-24-50-44(51-37)39-20-10-28(6)55(39)46(57)43(26(3)4)53-48(59)61-8/h11-14,17-18,23-28,31-32,38-39,42-43H,9-10,15-16,19-22H2,1-8H3,(H,50,51)(H,52,58)(H,53,59). The number of nitrogens with one attached hydrogen (secondary N) is 3. The van der Waals surface area contributed by atoms with Crippen LogP contribution in [-0.2, 0) is 19.1 Å². The monoisotopic (exact) mass is 831 g/mol. The maximum absolute atomic E-state index is 14.0. The topological polar surface area (TPSA) is 158 Å². The first-order chi connectivity index (χ1) is 29.3. The molecule has 324 valence electrons. The number of hydrogen-bond donors (Lipinski definition) is 3. The summed E-state index contributed by atoms with van der Waals surface area (Å²) >= 11 is 0. The molecule has 3 fully saturated rings. The fraction of sp³-hybridized carbons (Fsp3) is 0.542. The van der Waals surface area contributed by atoms with Crippen molar-refractivity contribution in [2.24, 2.45) is 16.8 Å². The number of aromatic nitrogens is 2. The Labute approximate surface area is 359 Å². The second-order valence-corrected chi connectivity index (χ2v) is 18.5. The second kappa shape index (κ2) is 17.1. The predicted molar refractivity (Wildman–Crippen MR) is 235 cm³/mol. The Morgan fingerprint density at radius 3 is 1.80 bits per heavy atom. The highest BCUT2D eigenvalue weighted by atomic mass is 16.5.